The van der Waals surface area contributed by atoms with Crippen molar-refractivity contribution in [2.45, 2.75) is 69.5 Å². The Morgan fingerprint density at radius 3 is 2.76 bits per heavy atom. The monoisotopic (exact) mass is 284 g/mol. The molecule has 2 heterocycles. The summed E-state index contributed by atoms with van der Waals surface area (Å²) in [4.78, 5) is 2.73. The van der Waals surface area contributed by atoms with Gasteiger partial charge in [-0.3, -0.25) is 4.90 Å². The molecule has 0 bridgehead atoms. The van der Waals surface area contributed by atoms with Crippen LogP contribution in [0, 0.1) is 6.92 Å². The quantitative estimate of drug-likeness (QED) is 0.914. The van der Waals surface area contributed by atoms with Crippen molar-refractivity contribution >= 4 is 0 Å². The van der Waals surface area contributed by atoms with Crippen LogP contribution in [0.2, 0.25) is 0 Å². The maximum Gasteiger partial charge on any atom is 0.0249 e. The number of hydrogen-bond donors (Lipinski definition) is 1. The second-order valence-corrected chi connectivity index (χ2v) is 7.38. The van der Waals surface area contributed by atoms with Crippen LogP contribution >= 0.6 is 0 Å². The molecule has 2 atom stereocenters. The highest BCUT2D eigenvalue weighted by Crippen LogP contribution is 2.39. The summed E-state index contributed by atoms with van der Waals surface area (Å²) < 4.78 is 0. The van der Waals surface area contributed by atoms with Gasteiger partial charge < -0.3 is 5.32 Å². The fourth-order valence-corrected chi connectivity index (χ4v) is 4.80. The Balaban J connectivity index is 1.32. The summed E-state index contributed by atoms with van der Waals surface area (Å²) in [5, 5.41) is 3.99. The predicted octanol–water partition coefficient (Wildman–Crippen LogP) is 3.46. The van der Waals surface area contributed by atoms with E-state index in [1.807, 2.05) is 0 Å². The fourth-order valence-electron chi connectivity index (χ4n) is 4.80. The van der Waals surface area contributed by atoms with Crippen LogP contribution in [0.4, 0.5) is 0 Å². The molecule has 2 aliphatic heterocycles. The summed E-state index contributed by atoms with van der Waals surface area (Å²) >= 11 is 0. The van der Waals surface area contributed by atoms with Crippen LogP contribution in [-0.2, 0) is 0 Å². The SMILES string of the molecule is Cc1ccccc1C1CC(NC2CCN3CCCCC23)C1. The molecule has 1 N–H and O–H groups in total. The fraction of sp³-hybridized carbons (Fsp3) is 0.684. The maximum atomic E-state index is 3.99. The lowest BCUT2D eigenvalue weighted by molar-refractivity contribution is 0.164. The molecule has 0 radical (unpaired) electrons. The van der Waals surface area contributed by atoms with E-state index < -0.39 is 0 Å². The molecule has 2 saturated heterocycles. The van der Waals surface area contributed by atoms with Crippen LogP contribution in [0.1, 0.15) is 55.6 Å². The lowest BCUT2D eigenvalue weighted by Crippen LogP contribution is -2.51. The Morgan fingerprint density at radius 2 is 1.90 bits per heavy atom. The van der Waals surface area contributed by atoms with Crippen molar-refractivity contribution in [2.24, 2.45) is 0 Å². The second-order valence-electron chi connectivity index (χ2n) is 7.38. The summed E-state index contributed by atoms with van der Waals surface area (Å²) in [5.74, 6) is 0.799. The van der Waals surface area contributed by atoms with E-state index in [1.165, 1.54) is 57.2 Å². The minimum atomic E-state index is 0.765. The van der Waals surface area contributed by atoms with Crippen LogP contribution < -0.4 is 5.32 Å². The van der Waals surface area contributed by atoms with Crippen LogP contribution in [0.5, 0.6) is 0 Å². The lowest BCUT2D eigenvalue weighted by Gasteiger charge is -2.41. The number of nitrogens with one attached hydrogen (secondary N) is 1. The van der Waals surface area contributed by atoms with Crippen molar-refractivity contribution in [3.8, 4) is 0 Å². The van der Waals surface area contributed by atoms with Gasteiger partial charge >= 0.3 is 0 Å². The third-order valence-corrected chi connectivity index (χ3v) is 6.07. The summed E-state index contributed by atoms with van der Waals surface area (Å²) in [5.41, 5.74) is 3.06. The van der Waals surface area contributed by atoms with Crippen molar-refractivity contribution in [3.63, 3.8) is 0 Å². The predicted molar refractivity (Wildman–Crippen MR) is 87.7 cm³/mol. The van der Waals surface area contributed by atoms with Crippen LogP contribution in [-0.4, -0.2) is 36.1 Å². The first kappa shape index (κ1) is 13.8. The van der Waals surface area contributed by atoms with Crippen LogP contribution in [0.15, 0.2) is 24.3 Å². The van der Waals surface area contributed by atoms with Gasteiger partial charge in [-0.2, -0.15) is 0 Å². The van der Waals surface area contributed by atoms with Gasteiger partial charge in [0.2, 0.25) is 0 Å². The summed E-state index contributed by atoms with van der Waals surface area (Å²) in [6.07, 6.45) is 8.34. The lowest BCUT2D eigenvalue weighted by atomic mass is 9.74. The van der Waals surface area contributed by atoms with Crippen LogP contribution in [0.25, 0.3) is 0 Å². The molecular weight excluding hydrogens is 256 g/mol. The topological polar surface area (TPSA) is 15.3 Å². The van der Waals surface area contributed by atoms with E-state index in [-0.39, 0.29) is 0 Å². The van der Waals surface area contributed by atoms with Gasteiger partial charge in [0.15, 0.2) is 0 Å². The summed E-state index contributed by atoms with van der Waals surface area (Å²) in [6, 6.07) is 11.3. The minimum Gasteiger partial charge on any atom is -0.310 e. The van der Waals surface area contributed by atoms with Crippen LogP contribution in [0.3, 0.4) is 0 Å². The molecule has 4 rings (SSSR count). The number of rotatable bonds is 3. The highest BCUT2D eigenvalue weighted by molar-refractivity contribution is 5.31. The molecule has 1 aromatic carbocycles. The van der Waals surface area contributed by atoms with E-state index in [2.05, 4.69) is 41.4 Å². The van der Waals surface area contributed by atoms with Crippen molar-refractivity contribution < 1.29 is 0 Å². The zero-order valence-corrected chi connectivity index (χ0v) is 13.2. The molecule has 0 spiro atoms. The normalized spacial score (nSPS) is 36.2. The van der Waals surface area contributed by atoms with Gasteiger partial charge in [-0.05, 0) is 62.6 Å². The minimum absolute atomic E-state index is 0.765. The smallest absolute Gasteiger partial charge is 0.0249 e. The molecule has 21 heavy (non-hydrogen) atoms. The van der Waals surface area contributed by atoms with Gasteiger partial charge in [0.25, 0.3) is 0 Å². The summed E-state index contributed by atoms with van der Waals surface area (Å²) in [6.45, 7) is 4.93. The standard InChI is InChI=1S/C19H28N2/c1-14-6-2-3-7-17(14)15-12-16(13-15)20-18-9-11-21-10-5-4-8-19(18)21/h2-3,6-7,15-16,18-20H,4-5,8-13H2,1H3. The van der Waals surface area contributed by atoms with Gasteiger partial charge in [-0.25, -0.2) is 0 Å². The molecule has 3 fully saturated rings. The molecule has 3 aliphatic rings. The third kappa shape index (κ3) is 2.64. The van der Waals surface area contributed by atoms with Crippen molar-refractivity contribution in [2.75, 3.05) is 13.1 Å². The average Bonchev–Trinajstić information content (AvgIpc) is 2.87. The van der Waals surface area contributed by atoms with Gasteiger partial charge in [0.1, 0.15) is 0 Å². The second kappa shape index (κ2) is 5.73. The molecule has 2 nitrogen and oxygen atoms in total. The largest absolute Gasteiger partial charge is 0.310 e. The number of hydrogen-bond acceptors (Lipinski definition) is 2. The van der Waals surface area contributed by atoms with Crippen molar-refractivity contribution in [1.82, 2.24) is 10.2 Å². The van der Waals surface area contributed by atoms with E-state index in [0.29, 0.717) is 0 Å². The average molecular weight is 284 g/mol. The molecule has 0 amide bonds. The zero-order valence-electron chi connectivity index (χ0n) is 13.2. The molecular formula is C19H28N2. The van der Waals surface area contributed by atoms with E-state index in [9.17, 15) is 0 Å². The Bertz CT molecular complexity index is 492. The number of benzene rings is 1. The first-order valence-electron chi connectivity index (χ1n) is 8.87. The summed E-state index contributed by atoms with van der Waals surface area (Å²) in [7, 11) is 0. The Hall–Kier alpha value is -0.860. The number of fused-ring (bicyclic) bond motifs is 1. The first-order valence-corrected chi connectivity index (χ1v) is 8.87. The Kier molecular flexibility index (Phi) is 3.76. The first-order chi connectivity index (χ1) is 10.3. The van der Waals surface area contributed by atoms with Gasteiger partial charge in [0, 0.05) is 24.7 Å². The van der Waals surface area contributed by atoms with E-state index in [1.54, 1.807) is 5.56 Å². The zero-order chi connectivity index (χ0) is 14.2. The van der Waals surface area contributed by atoms with Crippen molar-refractivity contribution in [1.29, 1.82) is 0 Å². The van der Waals surface area contributed by atoms with E-state index in [0.717, 1.165) is 24.0 Å². The molecule has 2 heteroatoms. The molecule has 1 aromatic rings. The van der Waals surface area contributed by atoms with Gasteiger partial charge in [-0.1, -0.05) is 30.7 Å². The van der Waals surface area contributed by atoms with Crippen molar-refractivity contribution in [3.05, 3.63) is 35.4 Å². The van der Waals surface area contributed by atoms with Gasteiger partial charge in [0.05, 0.1) is 0 Å². The molecule has 2 unspecified atom stereocenters. The Morgan fingerprint density at radius 1 is 1.05 bits per heavy atom. The number of piperidine rings is 1. The number of aryl methyl sites for hydroxylation is 1. The highest BCUT2D eigenvalue weighted by atomic mass is 15.2. The highest BCUT2D eigenvalue weighted by Gasteiger charge is 2.39. The molecule has 0 aromatic heterocycles. The third-order valence-electron chi connectivity index (χ3n) is 6.07. The van der Waals surface area contributed by atoms with E-state index >= 15 is 0 Å². The number of nitrogens with zero attached hydrogens (tertiary/aromatic N) is 1. The van der Waals surface area contributed by atoms with Gasteiger partial charge in [-0.15, -0.1) is 0 Å². The van der Waals surface area contributed by atoms with E-state index in [4.69, 9.17) is 0 Å². The molecule has 1 saturated carbocycles. The molecule has 114 valence electrons. The maximum absolute atomic E-state index is 3.99. The molecule has 1 aliphatic carbocycles. The Labute approximate surface area is 128 Å².